The van der Waals surface area contributed by atoms with E-state index in [0.29, 0.717) is 11.9 Å². The molecule has 1 aromatic heterocycles. The van der Waals surface area contributed by atoms with E-state index < -0.39 is 0 Å². The molecule has 1 aliphatic carbocycles. The first kappa shape index (κ1) is 17.0. The summed E-state index contributed by atoms with van der Waals surface area (Å²) in [4.78, 5) is 19.5. The van der Waals surface area contributed by atoms with Gasteiger partial charge in [0.25, 0.3) is 0 Å². The summed E-state index contributed by atoms with van der Waals surface area (Å²) in [5.74, 6) is 1.35. The molecular formula is C21H25N3O2. The lowest BCUT2D eigenvalue weighted by atomic mass is 9.87. The number of amides is 1. The molecule has 0 spiro atoms. The van der Waals surface area contributed by atoms with Crippen molar-refractivity contribution in [3.63, 3.8) is 0 Å². The number of pyridine rings is 1. The van der Waals surface area contributed by atoms with Crippen molar-refractivity contribution in [2.75, 3.05) is 11.9 Å². The zero-order valence-corrected chi connectivity index (χ0v) is 14.9. The SMILES string of the molecule is O=C(Nc1ccc(Oc2ccccc2)nc1)[C@@H]1CCCCN1C1CCC1. The first-order valence-electron chi connectivity index (χ1n) is 9.55. The van der Waals surface area contributed by atoms with Crippen LogP contribution in [0.4, 0.5) is 5.69 Å². The number of anilines is 1. The molecule has 2 fully saturated rings. The average Bonchev–Trinajstić information content (AvgIpc) is 2.63. The molecule has 1 atom stereocenters. The van der Waals surface area contributed by atoms with E-state index in [9.17, 15) is 4.79 Å². The van der Waals surface area contributed by atoms with Crippen molar-refractivity contribution in [3.8, 4) is 11.6 Å². The fraction of sp³-hybridized carbons (Fsp3) is 0.429. The van der Waals surface area contributed by atoms with Crippen LogP contribution in [0.5, 0.6) is 11.6 Å². The molecule has 136 valence electrons. The number of ether oxygens (including phenoxy) is 1. The number of nitrogens with one attached hydrogen (secondary N) is 1. The third-order valence-electron chi connectivity index (χ3n) is 5.36. The van der Waals surface area contributed by atoms with Crippen LogP contribution in [0.15, 0.2) is 48.7 Å². The Kier molecular flexibility index (Phi) is 5.16. The number of likely N-dealkylation sites (tertiary alicyclic amines) is 1. The van der Waals surface area contributed by atoms with E-state index in [2.05, 4.69) is 15.2 Å². The molecule has 26 heavy (non-hydrogen) atoms. The lowest BCUT2D eigenvalue weighted by Crippen LogP contribution is -2.53. The van der Waals surface area contributed by atoms with Gasteiger partial charge in [0.15, 0.2) is 0 Å². The Morgan fingerprint density at radius 2 is 1.88 bits per heavy atom. The van der Waals surface area contributed by atoms with Gasteiger partial charge in [-0.25, -0.2) is 4.98 Å². The third-order valence-corrected chi connectivity index (χ3v) is 5.36. The fourth-order valence-electron chi connectivity index (χ4n) is 3.74. The number of rotatable bonds is 5. The molecule has 5 nitrogen and oxygen atoms in total. The Morgan fingerprint density at radius 1 is 1.04 bits per heavy atom. The second-order valence-electron chi connectivity index (χ2n) is 7.12. The van der Waals surface area contributed by atoms with Crippen molar-refractivity contribution < 1.29 is 9.53 Å². The van der Waals surface area contributed by atoms with Crippen molar-refractivity contribution in [2.45, 2.75) is 50.6 Å². The molecule has 1 saturated carbocycles. The summed E-state index contributed by atoms with van der Waals surface area (Å²) >= 11 is 0. The Labute approximate surface area is 154 Å². The smallest absolute Gasteiger partial charge is 0.241 e. The molecule has 2 aromatic rings. The van der Waals surface area contributed by atoms with Crippen LogP contribution in [0.1, 0.15) is 38.5 Å². The van der Waals surface area contributed by atoms with Gasteiger partial charge in [0.1, 0.15) is 5.75 Å². The van der Waals surface area contributed by atoms with E-state index in [0.717, 1.165) is 30.8 Å². The lowest BCUT2D eigenvalue weighted by molar-refractivity contribution is -0.124. The van der Waals surface area contributed by atoms with Gasteiger partial charge in [0.05, 0.1) is 17.9 Å². The first-order valence-corrected chi connectivity index (χ1v) is 9.55. The topological polar surface area (TPSA) is 54.5 Å². The van der Waals surface area contributed by atoms with Crippen molar-refractivity contribution in [2.24, 2.45) is 0 Å². The van der Waals surface area contributed by atoms with Gasteiger partial charge in [-0.1, -0.05) is 31.0 Å². The monoisotopic (exact) mass is 351 g/mol. The summed E-state index contributed by atoms with van der Waals surface area (Å²) < 4.78 is 5.69. The van der Waals surface area contributed by atoms with Crippen LogP contribution in [0.25, 0.3) is 0 Å². The highest BCUT2D eigenvalue weighted by atomic mass is 16.5. The van der Waals surface area contributed by atoms with E-state index in [1.807, 2.05) is 36.4 Å². The second kappa shape index (κ2) is 7.87. The van der Waals surface area contributed by atoms with Crippen LogP contribution in [-0.2, 0) is 4.79 Å². The van der Waals surface area contributed by atoms with Crippen LogP contribution in [-0.4, -0.2) is 34.4 Å². The molecular weight excluding hydrogens is 326 g/mol. The number of hydrogen-bond donors (Lipinski definition) is 1. The summed E-state index contributed by atoms with van der Waals surface area (Å²) in [7, 11) is 0. The van der Waals surface area contributed by atoms with Crippen molar-refractivity contribution in [1.82, 2.24) is 9.88 Å². The molecule has 1 amide bonds. The lowest BCUT2D eigenvalue weighted by Gasteiger charge is -2.44. The minimum absolute atomic E-state index is 0.00528. The number of carbonyl (C=O) groups excluding carboxylic acids is 1. The van der Waals surface area contributed by atoms with E-state index in [-0.39, 0.29) is 11.9 Å². The minimum Gasteiger partial charge on any atom is -0.439 e. The number of hydrogen-bond acceptors (Lipinski definition) is 4. The van der Waals surface area contributed by atoms with Crippen LogP contribution >= 0.6 is 0 Å². The highest BCUT2D eigenvalue weighted by molar-refractivity contribution is 5.94. The molecule has 4 rings (SSSR count). The highest BCUT2D eigenvalue weighted by Crippen LogP contribution is 2.31. The molecule has 1 aromatic carbocycles. The minimum atomic E-state index is -0.00528. The number of piperidine rings is 1. The quantitative estimate of drug-likeness (QED) is 0.876. The van der Waals surface area contributed by atoms with Crippen molar-refractivity contribution in [3.05, 3.63) is 48.7 Å². The number of aromatic nitrogens is 1. The Morgan fingerprint density at radius 3 is 2.58 bits per heavy atom. The summed E-state index contributed by atoms with van der Waals surface area (Å²) in [6.07, 6.45) is 8.70. The van der Waals surface area contributed by atoms with E-state index in [1.165, 1.54) is 25.7 Å². The summed E-state index contributed by atoms with van der Waals surface area (Å²) in [6, 6.07) is 13.8. The predicted octanol–water partition coefficient (Wildman–Crippen LogP) is 4.22. The van der Waals surface area contributed by atoms with Gasteiger partial charge in [-0.15, -0.1) is 0 Å². The summed E-state index contributed by atoms with van der Waals surface area (Å²) in [5.41, 5.74) is 0.717. The van der Waals surface area contributed by atoms with Gasteiger partial charge in [-0.05, 0) is 50.4 Å². The van der Waals surface area contributed by atoms with Gasteiger partial charge in [-0.2, -0.15) is 0 Å². The molecule has 0 radical (unpaired) electrons. The average molecular weight is 351 g/mol. The van der Waals surface area contributed by atoms with Crippen molar-refractivity contribution >= 4 is 11.6 Å². The van der Waals surface area contributed by atoms with Crippen LogP contribution in [0.2, 0.25) is 0 Å². The van der Waals surface area contributed by atoms with Crippen molar-refractivity contribution in [1.29, 1.82) is 0 Å². The molecule has 0 bridgehead atoms. The maximum atomic E-state index is 12.8. The number of carbonyl (C=O) groups is 1. The zero-order valence-electron chi connectivity index (χ0n) is 14.9. The van der Waals surface area contributed by atoms with Gasteiger partial charge in [0, 0.05) is 12.1 Å². The standard InChI is InChI=1S/C21H25N3O2/c25-21(19-11-4-5-14-24(19)17-7-6-8-17)23-16-12-13-20(22-15-16)26-18-9-2-1-3-10-18/h1-3,9-10,12-13,15,17,19H,4-8,11,14H2,(H,23,25)/t19-/m0/s1. The van der Waals surface area contributed by atoms with Gasteiger partial charge in [-0.3, -0.25) is 9.69 Å². The molecule has 2 heterocycles. The Balaban J connectivity index is 1.37. The molecule has 1 aliphatic heterocycles. The zero-order chi connectivity index (χ0) is 17.8. The largest absolute Gasteiger partial charge is 0.439 e. The van der Waals surface area contributed by atoms with E-state index in [1.54, 1.807) is 12.3 Å². The molecule has 0 unspecified atom stereocenters. The normalized spacial score (nSPS) is 21.0. The maximum absolute atomic E-state index is 12.8. The summed E-state index contributed by atoms with van der Waals surface area (Å²) in [5, 5.41) is 3.04. The van der Waals surface area contributed by atoms with Gasteiger partial charge in [0.2, 0.25) is 11.8 Å². The summed E-state index contributed by atoms with van der Waals surface area (Å²) in [6.45, 7) is 1.05. The first-order chi connectivity index (χ1) is 12.8. The Hall–Kier alpha value is -2.40. The van der Waals surface area contributed by atoms with Gasteiger partial charge >= 0.3 is 0 Å². The van der Waals surface area contributed by atoms with E-state index >= 15 is 0 Å². The van der Waals surface area contributed by atoms with Crippen LogP contribution in [0.3, 0.4) is 0 Å². The predicted molar refractivity (Wildman–Crippen MR) is 101 cm³/mol. The molecule has 5 heteroatoms. The number of benzene rings is 1. The van der Waals surface area contributed by atoms with Crippen LogP contribution < -0.4 is 10.1 Å². The highest BCUT2D eigenvalue weighted by Gasteiger charge is 2.35. The molecule has 1 N–H and O–H groups in total. The second-order valence-corrected chi connectivity index (χ2v) is 7.12. The maximum Gasteiger partial charge on any atom is 0.241 e. The van der Waals surface area contributed by atoms with Gasteiger partial charge < -0.3 is 10.1 Å². The van der Waals surface area contributed by atoms with Crippen LogP contribution in [0, 0.1) is 0 Å². The number of para-hydroxylation sites is 1. The fourth-order valence-corrected chi connectivity index (χ4v) is 3.74. The third kappa shape index (κ3) is 3.88. The van der Waals surface area contributed by atoms with E-state index in [4.69, 9.17) is 4.74 Å². The molecule has 1 saturated heterocycles. The molecule has 2 aliphatic rings. The Bertz CT molecular complexity index is 729. The number of nitrogens with zero attached hydrogens (tertiary/aromatic N) is 2.